The van der Waals surface area contributed by atoms with Crippen LogP contribution >= 0.6 is 23.5 Å². The van der Waals surface area contributed by atoms with Gasteiger partial charge in [-0.2, -0.15) is 11.8 Å². The van der Waals surface area contributed by atoms with Crippen molar-refractivity contribution in [2.45, 2.75) is 79.8 Å². The number of unbranched alkanes of at least 4 members (excludes halogenated alkanes) is 2. The molecule has 0 aliphatic carbocycles. The summed E-state index contributed by atoms with van der Waals surface area (Å²) in [5.41, 5.74) is 1.13. The average Bonchev–Trinajstić information content (AvgIpc) is 3.22. The minimum Gasteiger partial charge on any atom is -0.483 e. The Labute approximate surface area is 309 Å². The number of amides is 2. The lowest BCUT2D eigenvalue weighted by atomic mass is 9.87. The standard InChI is InChI=1S/C37H48N4O7S3/c1-5-7-19-37(20-8-6-2)25-41(27-17-13-10-14-18-27)29-21-31(50-4)30(22-32(29)51(46,47)40-37)48-23-33(42)39-34(26-15-11-9-12-16-26)35(43)38-28(24-49-3)36(44)45/h9-18,21-22,28,34,40H,5-8,19-20,23-25H2,1-4H3,(H,38,43)(H,39,42)(H,44,45)/t28-,34?/m0/s1. The molecule has 1 heterocycles. The Morgan fingerprint density at radius 2 is 1.59 bits per heavy atom. The zero-order valence-corrected chi connectivity index (χ0v) is 32.0. The smallest absolute Gasteiger partial charge is 0.327 e. The van der Waals surface area contributed by atoms with Crippen molar-refractivity contribution in [1.82, 2.24) is 15.4 Å². The Bertz CT molecular complexity index is 1740. The molecule has 2 amide bonds. The van der Waals surface area contributed by atoms with E-state index in [0.717, 1.165) is 31.4 Å². The van der Waals surface area contributed by atoms with Crippen molar-refractivity contribution >= 4 is 62.7 Å². The fourth-order valence-corrected chi connectivity index (χ4v) is 8.89. The van der Waals surface area contributed by atoms with E-state index < -0.39 is 52.0 Å². The molecule has 11 nitrogen and oxygen atoms in total. The van der Waals surface area contributed by atoms with Gasteiger partial charge >= 0.3 is 5.97 Å². The first-order valence-electron chi connectivity index (χ1n) is 17.0. The number of hydrogen-bond donors (Lipinski definition) is 4. The molecular formula is C37H48N4O7S3. The Morgan fingerprint density at radius 1 is 0.961 bits per heavy atom. The molecule has 1 aliphatic rings. The summed E-state index contributed by atoms with van der Waals surface area (Å²) in [5, 5.41) is 14.8. The van der Waals surface area contributed by atoms with E-state index in [-0.39, 0.29) is 16.4 Å². The van der Waals surface area contributed by atoms with Gasteiger partial charge in [0.15, 0.2) is 6.61 Å². The fraction of sp³-hybridized carbons (Fsp3) is 0.432. The molecule has 0 bridgehead atoms. The maximum absolute atomic E-state index is 14.3. The van der Waals surface area contributed by atoms with Crippen LogP contribution in [0, 0.1) is 0 Å². The van der Waals surface area contributed by atoms with Crippen LogP contribution in [0.1, 0.15) is 64.0 Å². The molecule has 4 rings (SSSR count). The van der Waals surface area contributed by atoms with Gasteiger partial charge in [0.25, 0.3) is 5.91 Å². The molecule has 4 N–H and O–H groups in total. The number of nitrogens with one attached hydrogen (secondary N) is 3. The number of hydrogen-bond acceptors (Lipinski definition) is 9. The summed E-state index contributed by atoms with van der Waals surface area (Å²) >= 11 is 2.63. The van der Waals surface area contributed by atoms with Crippen molar-refractivity contribution in [2.75, 3.05) is 36.3 Å². The van der Waals surface area contributed by atoms with Crippen molar-refractivity contribution in [3.63, 3.8) is 0 Å². The van der Waals surface area contributed by atoms with Gasteiger partial charge in [-0.3, -0.25) is 9.59 Å². The molecule has 51 heavy (non-hydrogen) atoms. The number of benzene rings is 3. The summed E-state index contributed by atoms with van der Waals surface area (Å²) < 4.78 is 37.7. The van der Waals surface area contributed by atoms with Gasteiger partial charge in [-0.05, 0) is 49.1 Å². The number of sulfonamides is 1. The van der Waals surface area contributed by atoms with E-state index in [4.69, 9.17) is 4.74 Å². The summed E-state index contributed by atoms with van der Waals surface area (Å²) in [6, 6.07) is 19.2. The van der Waals surface area contributed by atoms with Gasteiger partial charge in [-0.1, -0.05) is 88.1 Å². The number of anilines is 2. The molecule has 0 aromatic heterocycles. The second-order valence-electron chi connectivity index (χ2n) is 12.5. The first-order valence-corrected chi connectivity index (χ1v) is 21.2. The number of thioether (sulfide) groups is 2. The second-order valence-corrected chi connectivity index (χ2v) is 15.9. The number of aliphatic carboxylic acids is 1. The van der Waals surface area contributed by atoms with Gasteiger partial charge in [0.2, 0.25) is 15.9 Å². The molecule has 1 aliphatic heterocycles. The first-order chi connectivity index (χ1) is 24.5. The lowest BCUT2D eigenvalue weighted by Crippen LogP contribution is -2.53. The number of carboxylic acids is 1. The van der Waals surface area contributed by atoms with Crippen LogP contribution in [-0.4, -0.2) is 74.3 Å². The predicted octanol–water partition coefficient (Wildman–Crippen LogP) is 6.13. The van der Waals surface area contributed by atoms with E-state index in [1.54, 1.807) is 42.7 Å². The van der Waals surface area contributed by atoms with E-state index in [9.17, 15) is 27.9 Å². The van der Waals surface area contributed by atoms with Crippen LogP contribution in [0.5, 0.6) is 5.75 Å². The molecule has 0 radical (unpaired) electrons. The number of nitrogens with zero attached hydrogens (tertiary/aromatic N) is 1. The van der Waals surface area contributed by atoms with Crippen LogP contribution in [0.25, 0.3) is 0 Å². The van der Waals surface area contributed by atoms with Crippen LogP contribution in [-0.2, 0) is 24.4 Å². The molecular weight excluding hydrogens is 709 g/mol. The number of fused-ring (bicyclic) bond motifs is 1. The summed E-state index contributed by atoms with van der Waals surface area (Å²) in [7, 11) is -4.05. The van der Waals surface area contributed by atoms with Gasteiger partial charge in [-0.15, -0.1) is 11.8 Å². The number of ether oxygens (including phenoxy) is 1. The monoisotopic (exact) mass is 756 g/mol. The Morgan fingerprint density at radius 3 is 2.16 bits per heavy atom. The fourth-order valence-electron chi connectivity index (χ4n) is 6.13. The maximum Gasteiger partial charge on any atom is 0.327 e. The second kappa shape index (κ2) is 18.7. The van der Waals surface area contributed by atoms with E-state index in [1.807, 2.05) is 36.6 Å². The Hall–Kier alpha value is -3.72. The summed E-state index contributed by atoms with van der Waals surface area (Å²) in [6.45, 7) is 4.12. The zero-order chi connectivity index (χ0) is 37.0. The van der Waals surface area contributed by atoms with E-state index in [0.29, 0.717) is 35.5 Å². The number of carboxylic acid groups (broad SMARTS) is 1. The highest BCUT2D eigenvalue weighted by atomic mass is 32.2. The number of carbonyl (C=O) groups excluding carboxylic acids is 2. The van der Waals surface area contributed by atoms with Crippen LogP contribution in [0.2, 0.25) is 0 Å². The highest BCUT2D eigenvalue weighted by molar-refractivity contribution is 7.98. The molecule has 0 spiro atoms. The predicted molar refractivity (Wildman–Crippen MR) is 205 cm³/mol. The average molecular weight is 757 g/mol. The van der Waals surface area contributed by atoms with Crippen molar-refractivity contribution in [3.05, 3.63) is 78.4 Å². The van der Waals surface area contributed by atoms with Crippen molar-refractivity contribution in [1.29, 1.82) is 0 Å². The third kappa shape index (κ3) is 10.4. The van der Waals surface area contributed by atoms with Gasteiger partial charge in [0, 0.05) is 24.1 Å². The third-order valence-corrected chi connectivity index (χ3v) is 11.8. The largest absolute Gasteiger partial charge is 0.483 e. The third-order valence-electron chi connectivity index (χ3n) is 8.73. The minimum atomic E-state index is -4.05. The number of rotatable bonds is 18. The molecule has 3 aromatic carbocycles. The van der Waals surface area contributed by atoms with Crippen molar-refractivity contribution < 1.29 is 32.6 Å². The van der Waals surface area contributed by atoms with Crippen LogP contribution in [0.3, 0.4) is 0 Å². The summed E-state index contributed by atoms with van der Waals surface area (Å²) in [6.07, 6.45) is 8.52. The minimum absolute atomic E-state index is 0.0458. The molecule has 276 valence electrons. The van der Waals surface area contributed by atoms with Gasteiger partial charge < -0.3 is 25.4 Å². The SMILES string of the molecule is CCCCC1(CCCC)CN(c2ccccc2)c2cc(SC)c(OCC(=O)NC(C(=O)N[C@@H](CSC)C(=O)O)c3ccccc3)cc2S(=O)(=O)N1. The molecule has 1 unspecified atom stereocenters. The normalized spacial score (nSPS) is 15.9. The van der Waals surface area contributed by atoms with Crippen molar-refractivity contribution in [3.8, 4) is 5.75 Å². The maximum atomic E-state index is 14.3. The first kappa shape index (κ1) is 40.1. The van der Waals surface area contributed by atoms with Crippen LogP contribution in [0.15, 0.2) is 82.6 Å². The number of carbonyl (C=O) groups is 3. The molecule has 0 saturated heterocycles. The lowest BCUT2D eigenvalue weighted by Gasteiger charge is -2.37. The molecule has 2 atom stereocenters. The quantitative estimate of drug-likeness (QED) is 0.112. The Balaban J connectivity index is 1.67. The number of para-hydroxylation sites is 1. The van der Waals surface area contributed by atoms with E-state index in [2.05, 4.69) is 34.1 Å². The van der Waals surface area contributed by atoms with Gasteiger partial charge in [0.05, 0.1) is 16.1 Å². The van der Waals surface area contributed by atoms with Gasteiger partial charge in [0.1, 0.15) is 22.7 Å². The topological polar surface area (TPSA) is 154 Å². The molecule has 3 aromatic rings. The lowest BCUT2D eigenvalue weighted by molar-refractivity contribution is -0.141. The highest BCUT2D eigenvalue weighted by Crippen LogP contribution is 2.44. The van der Waals surface area contributed by atoms with Crippen molar-refractivity contribution in [2.24, 2.45) is 0 Å². The van der Waals surface area contributed by atoms with E-state index in [1.165, 1.54) is 29.6 Å². The zero-order valence-electron chi connectivity index (χ0n) is 29.5. The Kier molecular flexibility index (Phi) is 14.7. The molecule has 14 heteroatoms. The summed E-state index contributed by atoms with van der Waals surface area (Å²) in [5.74, 6) is -2.17. The highest BCUT2D eigenvalue weighted by Gasteiger charge is 2.42. The van der Waals surface area contributed by atoms with Gasteiger partial charge in [-0.25, -0.2) is 17.9 Å². The molecule has 0 fully saturated rings. The van der Waals surface area contributed by atoms with E-state index >= 15 is 0 Å². The van der Waals surface area contributed by atoms with Crippen LogP contribution in [0.4, 0.5) is 11.4 Å². The van der Waals surface area contributed by atoms with Crippen LogP contribution < -0.4 is 25.0 Å². The molecule has 0 saturated carbocycles. The summed E-state index contributed by atoms with van der Waals surface area (Å²) in [4.78, 5) is 41.2.